The molecule has 0 saturated carbocycles. The van der Waals surface area contributed by atoms with Crippen molar-refractivity contribution in [3.63, 3.8) is 0 Å². The Hall–Kier alpha value is -2.28. The molecule has 2 rings (SSSR count). The minimum atomic E-state index is -5.15. The minimum absolute atomic E-state index is 0.00951. The van der Waals surface area contributed by atoms with E-state index in [1.54, 1.807) is 12.3 Å². The predicted molar refractivity (Wildman–Crippen MR) is 81.6 cm³/mol. The molecule has 0 fully saturated rings. The Bertz CT molecular complexity index is 687. The topological polar surface area (TPSA) is 146 Å². The number of para-hydroxylation sites is 1. The molecule has 6 N–H and O–H groups in total. The smallest absolute Gasteiger partial charge is 0.123 e. The number of anilines is 2. The Kier molecular flexibility index (Phi) is 6.18. The van der Waals surface area contributed by atoms with Crippen molar-refractivity contribution in [3.05, 3.63) is 42.6 Å². The van der Waals surface area contributed by atoms with Crippen molar-refractivity contribution >= 4 is 35.9 Å². The summed E-state index contributed by atoms with van der Waals surface area (Å²) in [6.07, 6.45) is 1.66. The Labute approximate surface area is 129 Å². The van der Waals surface area contributed by atoms with Gasteiger partial charge in [0.15, 0.2) is 0 Å². The van der Waals surface area contributed by atoms with Crippen molar-refractivity contribution in [3.8, 4) is 5.75 Å². The van der Waals surface area contributed by atoms with Gasteiger partial charge in [-0.2, -0.15) is 0 Å². The summed E-state index contributed by atoms with van der Waals surface area (Å²) in [5.74, 6) is -0.442. The number of rotatable bonds is 2. The van der Waals surface area contributed by atoms with Crippen molar-refractivity contribution < 1.29 is 21.8 Å². The third-order valence-electron chi connectivity index (χ3n) is 2.33. The molecule has 0 atom stereocenters. The summed E-state index contributed by atoms with van der Waals surface area (Å²) in [5, 5.41) is 11.7. The Morgan fingerprint density at radius 2 is 1.91 bits per heavy atom. The average Bonchev–Trinajstić information content (AvgIpc) is 2.41. The monoisotopic (exact) mass is 369 g/mol. The number of aromatic hydroxyl groups is 1. The van der Waals surface area contributed by atoms with Gasteiger partial charge in [-0.05, 0) is 12.1 Å². The van der Waals surface area contributed by atoms with Gasteiger partial charge in [-0.3, -0.25) is 0 Å². The van der Waals surface area contributed by atoms with Gasteiger partial charge in [0.05, 0.1) is 0 Å². The number of hydrogen-bond acceptors (Lipinski definition) is 5. The standard InChI is InChI=1S/C8H10AsNO5.C5H6N2/c1-5(11)10-7-4-2-3-6(8(7)12)9(13,14)15;6-5-3-1-2-4-7-5/h2-4,12H,1H3,(H,10,11)(H2,13,14,15);1-4H,(H2,6,7). The molecule has 1 heterocycles. The first-order chi connectivity index (χ1) is 10.2. The zero-order valence-corrected chi connectivity index (χ0v) is 13.5. The summed E-state index contributed by atoms with van der Waals surface area (Å²) >= 11 is -5.15. The molecule has 0 aliphatic heterocycles. The molecule has 1 amide bonds. The number of nitrogens with two attached hydrogens (primary N) is 1. The predicted octanol–water partition coefficient (Wildman–Crippen LogP) is -0.425. The van der Waals surface area contributed by atoms with E-state index >= 15 is 0 Å². The quantitative estimate of drug-likeness (QED) is 0.357. The van der Waals surface area contributed by atoms with Crippen LogP contribution in [-0.2, 0) is 8.53 Å². The second kappa shape index (κ2) is 7.65. The Morgan fingerprint density at radius 1 is 1.23 bits per heavy atom. The number of phenols is 1. The molecule has 0 aliphatic rings. The van der Waals surface area contributed by atoms with Crippen LogP contribution in [-0.4, -0.2) is 38.4 Å². The Balaban J connectivity index is 0.000000287. The van der Waals surface area contributed by atoms with Gasteiger partial charge in [0, 0.05) is 6.20 Å². The van der Waals surface area contributed by atoms with Crippen molar-refractivity contribution in [2.75, 3.05) is 11.1 Å². The van der Waals surface area contributed by atoms with Crippen LogP contribution in [0.2, 0.25) is 0 Å². The number of pyridine rings is 1. The minimum Gasteiger partial charge on any atom is -0.384 e. The summed E-state index contributed by atoms with van der Waals surface area (Å²) in [6.45, 7) is 1.23. The second-order valence-electron chi connectivity index (χ2n) is 4.15. The molecule has 0 bridgehead atoms. The van der Waals surface area contributed by atoms with E-state index in [1.807, 2.05) is 12.1 Å². The molecule has 0 spiro atoms. The number of hydrogen-bond donors (Lipinski definition) is 5. The fourth-order valence-corrected chi connectivity index (χ4v) is 2.85. The van der Waals surface area contributed by atoms with Crippen LogP contribution in [0, 0.1) is 0 Å². The van der Waals surface area contributed by atoms with E-state index < -0.39 is 30.2 Å². The van der Waals surface area contributed by atoms with E-state index in [4.69, 9.17) is 13.9 Å². The molecule has 0 aliphatic carbocycles. The van der Waals surface area contributed by atoms with Crippen LogP contribution < -0.4 is 15.4 Å². The first kappa shape index (κ1) is 17.8. The molecule has 2 aromatic rings. The molecule has 8 nitrogen and oxygen atoms in total. The van der Waals surface area contributed by atoms with Crippen molar-refractivity contribution in [1.29, 1.82) is 0 Å². The molecular weight excluding hydrogens is 353 g/mol. The van der Waals surface area contributed by atoms with Crippen molar-refractivity contribution in [2.24, 2.45) is 0 Å². The molecule has 1 aromatic heterocycles. The molecule has 0 saturated heterocycles. The molecule has 0 unspecified atom stereocenters. The van der Waals surface area contributed by atoms with Gasteiger partial charge < -0.3 is 5.73 Å². The van der Waals surface area contributed by atoms with E-state index in [2.05, 4.69) is 10.3 Å². The first-order valence-corrected chi connectivity index (χ1v) is 9.42. The van der Waals surface area contributed by atoms with Crippen LogP contribution in [0.25, 0.3) is 0 Å². The van der Waals surface area contributed by atoms with Gasteiger partial charge in [0.2, 0.25) is 0 Å². The number of carbonyl (C=O) groups is 1. The van der Waals surface area contributed by atoms with Crippen molar-refractivity contribution in [1.82, 2.24) is 4.98 Å². The van der Waals surface area contributed by atoms with Gasteiger partial charge in [0.1, 0.15) is 5.82 Å². The van der Waals surface area contributed by atoms with Crippen LogP contribution in [0.15, 0.2) is 42.6 Å². The maximum atomic E-state index is 11.0. The number of amides is 1. The summed E-state index contributed by atoms with van der Waals surface area (Å²) in [7, 11) is 0. The Morgan fingerprint density at radius 3 is 2.32 bits per heavy atom. The molecule has 1 aromatic carbocycles. The number of phenolic OH excluding ortho intramolecular Hbond substituents is 1. The van der Waals surface area contributed by atoms with Gasteiger partial charge in [0.25, 0.3) is 0 Å². The van der Waals surface area contributed by atoms with Crippen LogP contribution in [0.5, 0.6) is 5.75 Å². The number of carbonyl (C=O) groups excluding carboxylic acids is 1. The zero-order valence-electron chi connectivity index (χ0n) is 11.7. The van der Waals surface area contributed by atoms with Crippen molar-refractivity contribution in [2.45, 2.75) is 6.92 Å². The SMILES string of the molecule is CC(=O)Nc1cccc([As](=O)(O)O)c1O.Nc1ccccn1. The zero-order chi connectivity index (χ0) is 16.8. The molecular formula is C13H16AsN3O5. The normalized spacial score (nSPS) is 10.3. The fourth-order valence-electron chi connectivity index (χ4n) is 1.43. The van der Waals surface area contributed by atoms with Crippen LogP contribution >= 0.6 is 0 Å². The van der Waals surface area contributed by atoms with E-state index in [1.165, 1.54) is 19.1 Å². The van der Waals surface area contributed by atoms with Gasteiger partial charge in [-0.25, -0.2) is 4.98 Å². The first-order valence-electron chi connectivity index (χ1n) is 6.04. The van der Waals surface area contributed by atoms with Gasteiger partial charge >= 0.3 is 88.1 Å². The molecule has 0 radical (unpaired) electrons. The molecule has 9 heteroatoms. The summed E-state index contributed by atoms with van der Waals surface area (Å²) in [4.78, 5) is 14.5. The average molecular weight is 369 g/mol. The van der Waals surface area contributed by atoms with E-state index in [0.29, 0.717) is 5.82 Å². The van der Waals surface area contributed by atoms with Crippen LogP contribution in [0.1, 0.15) is 6.92 Å². The van der Waals surface area contributed by atoms with Gasteiger partial charge in [-0.15, -0.1) is 0 Å². The number of nitrogen functional groups attached to an aromatic ring is 1. The van der Waals surface area contributed by atoms with Crippen LogP contribution in [0.3, 0.4) is 0 Å². The largest absolute Gasteiger partial charge is 0.384 e. The second-order valence-corrected chi connectivity index (χ2v) is 7.45. The number of aromatic nitrogens is 1. The number of benzene rings is 1. The molecule has 22 heavy (non-hydrogen) atoms. The maximum Gasteiger partial charge on any atom is 0.123 e. The summed E-state index contributed by atoms with van der Waals surface area (Å²) in [6, 6.07) is 9.26. The van der Waals surface area contributed by atoms with Gasteiger partial charge in [-0.1, -0.05) is 6.07 Å². The number of nitrogens with zero attached hydrogens (tertiary/aromatic N) is 1. The molecule has 118 valence electrons. The summed E-state index contributed by atoms with van der Waals surface area (Å²) in [5.41, 5.74) is 5.24. The van der Waals surface area contributed by atoms with E-state index in [0.717, 1.165) is 6.07 Å². The van der Waals surface area contributed by atoms with E-state index in [-0.39, 0.29) is 5.69 Å². The summed E-state index contributed by atoms with van der Waals surface area (Å²) < 4.78 is 28.4. The number of nitrogens with one attached hydrogen (secondary N) is 1. The van der Waals surface area contributed by atoms with E-state index in [9.17, 15) is 13.6 Å². The van der Waals surface area contributed by atoms with Crippen LogP contribution in [0.4, 0.5) is 11.5 Å². The maximum absolute atomic E-state index is 11.0. The fraction of sp³-hybridized carbons (Fsp3) is 0.0769. The third-order valence-corrected chi connectivity index (χ3v) is 4.40. The third kappa shape index (κ3) is 5.61.